The van der Waals surface area contributed by atoms with Crippen molar-refractivity contribution in [2.24, 2.45) is 5.92 Å². The summed E-state index contributed by atoms with van der Waals surface area (Å²) < 4.78 is 4.58. The Morgan fingerprint density at radius 2 is 1.87 bits per heavy atom. The molecule has 0 unspecified atom stereocenters. The molecule has 0 atom stereocenters. The van der Waals surface area contributed by atoms with E-state index in [2.05, 4.69) is 37.7 Å². The van der Waals surface area contributed by atoms with Gasteiger partial charge in [-0.25, -0.2) is 4.79 Å². The molecule has 0 spiro atoms. The van der Waals surface area contributed by atoms with Gasteiger partial charge in [-0.15, -0.1) is 0 Å². The fourth-order valence-corrected chi connectivity index (χ4v) is 2.59. The van der Waals surface area contributed by atoms with E-state index < -0.39 is 6.09 Å². The minimum absolute atomic E-state index is 0.000848. The number of benzene rings is 1. The number of hydrogen-bond donors (Lipinski definition) is 1. The summed E-state index contributed by atoms with van der Waals surface area (Å²) >= 11 is 0. The third-order valence-electron chi connectivity index (χ3n) is 3.75. The normalized spacial score (nSPS) is 10.7. The van der Waals surface area contributed by atoms with Crippen molar-refractivity contribution >= 4 is 17.7 Å². The van der Waals surface area contributed by atoms with Crippen LogP contribution in [0.15, 0.2) is 24.3 Å². The Kier molecular flexibility index (Phi) is 7.59. The zero-order valence-corrected chi connectivity index (χ0v) is 14.8. The number of carbonyl (C=O) groups excluding carboxylic acids is 2. The van der Waals surface area contributed by atoms with Crippen LogP contribution in [0.2, 0.25) is 0 Å². The molecule has 1 rings (SSSR count). The third-order valence-corrected chi connectivity index (χ3v) is 3.75. The molecule has 0 aliphatic carbocycles. The first-order valence-electron chi connectivity index (χ1n) is 8.18. The lowest BCUT2D eigenvalue weighted by molar-refractivity contribution is 0.0640. The fraction of sp³-hybridized carbons (Fsp3) is 0.556. The maximum atomic E-state index is 12.9. The van der Waals surface area contributed by atoms with Gasteiger partial charge in [-0.3, -0.25) is 10.1 Å². The quantitative estimate of drug-likeness (QED) is 0.821. The van der Waals surface area contributed by atoms with E-state index in [1.807, 2.05) is 4.90 Å². The van der Waals surface area contributed by atoms with Gasteiger partial charge in [0.15, 0.2) is 0 Å². The lowest BCUT2D eigenvalue weighted by Crippen LogP contribution is -2.42. The van der Waals surface area contributed by atoms with Gasteiger partial charge in [0.1, 0.15) is 0 Å². The van der Waals surface area contributed by atoms with Gasteiger partial charge < -0.3 is 9.64 Å². The average molecular weight is 320 g/mol. The fourth-order valence-electron chi connectivity index (χ4n) is 2.59. The van der Waals surface area contributed by atoms with E-state index >= 15 is 0 Å². The number of amides is 2. The van der Waals surface area contributed by atoms with Gasteiger partial charge in [-0.05, 0) is 37.0 Å². The summed E-state index contributed by atoms with van der Waals surface area (Å²) in [6, 6.07) is 7.19. The van der Waals surface area contributed by atoms with E-state index in [1.165, 1.54) is 7.11 Å². The van der Waals surface area contributed by atoms with Crippen molar-refractivity contribution in [2.45, 2.75) is 46.6 Å². The molecule has 5 nitrogen and oxygen atoms in total. The van der Waals surface area contributed by atoms with Crippen molar-refractivity contribution < 1.29 is 14.3 Å². The second-order valence-electron chi connectivity index (χ2n) is 6.02. The SMILES string of the molecule is CCC(CC)N(CC(C)C)C(=O)c1cccc(NC(=O)OC)c1. The van der Waals surface area contributed by atoms with Crippen LogP contribution in [0.3, 0.4) is 0 Å². The molecule has 0 saturated carbocycles. The number of nitrogens with one attached hydrogen (secondary N) is 1. The minimum Gasteiger partial charge on any atom is -0.453 e. The predicted molar refractivity (Wildman–Crippen MR) is 92.7 cm³/mol. The van der Waals surface area contributed by atoms with E-state index in [4.69, 9.17) is 0 Å². The lowest BCUT2D eigenvalue weighted by Gasteiger charge is -2.32. The Labute approximate surface area is 139 Å². The molecule has 0 aliphatic heterocycles. The Hall–Kier alpha value is -2.04. The monoisotopic (exact) mass is 320 g/mol. The largest absolute Gasteiger partial charge is 0.453 e. The molecular weight excluding hydrogens is 292 g/mol. The molecule has 0 aliphatic rings. The molecule has 128 valence electrons. The minimum atomic E-state index is -0.548. The molecule has 0 radical (unpaired) electrons. The highest BCUT2D eigenvalue weighted by Gasteiger charge is 2.23. The summed E-state index contributed by atoms with van der Waals surface area (Å²) in [6.45, 7) is 9.14. The molecule has 0 aromatic heterocycles. The second-order valence-corrected chi connectivity index (χ2v) is 6.02. The van der Waals surface area contributed by atoms with Crippen LogP contribution in [-0.4, -0.2) is 36.6 Å². The predicted octanol–water partition coefficient (Wildman–Crippen LogP) is 4.15. The van der Waals surface area contributed by atoms with Crippen LogP contribution in [-0.2, 0) is 4.74 Å². The Bertz CT molecular complexity index is 525. The molecule has 5 heteroatoms. The topological polar surface area (TPSA) is 58.6 Å². The van der Waals surface area contributed by atoms with Gasteiger partial charge in [-0.1, -0.05) is 33.8 Å². The Balaban J connectivity index is 3.03. The van der Waals surface area contributed by atoms with Gasteiger partial charge in [-0.2, -0.15) is 0 Å². The summed E-state index contributed by atoms with van der Waals surface area (Å²) in [5.74, 6) is 0.400. The average Bonchev–Trinajstić information content (AvgIpc) is 2.54. The Morgan fingerprint density at radius 1 is 1.22 bits per heavy atom. The van der Waals surface area contributed by atoms with Crippen LogP contribution in [0.5, 0.6) is 0 Å². The highest BCUT2D eigenvalue weighted by molar-refractivity contribution is 5.96. The van der Waals surface area contributed by atoms with Crippen molar-refractivity contribution in [3.8, 4) is 0 Å². The van der Waals surface area contributed by atoms with Crippen LogP contribution >= 0.6 is 0 Å². The summed E-state index contributed by atoms with van der Waals surface area (Å²) in [5.41, 5.74) is 1.13. The van der Waals surface area contributed by atoms with Crippen LogP contribution in [0.25, 0.3) is 0 Å². The maximum absolute atomic E-state index is 12.9. The van der Waals surface area contributed by atoms with E-state index in [1.54, 1.807) is 24.3 Å². The Morgan fingerprint density at radius 3 is 2.39 bits per heavy atom. The van der Waals surface area contributed by atoms with Crippen molar-refractivity contribution in [1.82, 2.24) is 4.90 Å². The molecule has 0 fully saturated rings. The first-order chi connectivity index (χ1) is 10.9. The van der Waals surface area contributed by atoms with Crippen LogP contribution < -0.4 is 5.32 Å². The van der Waals surface area contributed by atoms with Crippen LogP contribution in [0.4, 0.5) is 10.5 Å². The molecular formula is C18H28N2O3. The molecule has 2 amide bonds. The first-order valence-corrected chi connectivity index (χ1v) is 8.18. The third kappa shape index (κ3) is 5.58. The van der Waals surface area contributed by atoms with Gasteiger partial charge >= 0.3 is 6.09 Å². The van der Waals surface area contributed by atoms with E-state index in [-0.39, 0.29) is 11.9 Å². The number of ether oxygens (including phenoxy) is 1. The number of hydrogen-bond acceptors (Lipinski definition) is 3. The molecule has 1 N–H and O–H groups in total. The number of anilines is 1. The van der Waals surface area contributed by atoms with E-state index in [0.717, 1.165) is 19.4 Å². The van der Waals surface area contributed by atoms with Gasteiger partial charge in [0.2, 0.25) is 0 Å². The van der Waals surface area contributed by atoms with Crippen molar-refractivity contribution in [3.63, 3.8) is 0 Å². The van der Waals surface area contributed by atoms with Gasteiger partial charge in [0.25, 0.3) is 5.91 Å². The molecule has 23 heavy (non-hydrogen) atoms. The number of carbonyl (C=O) groups is 2. The molecule has 1 aromatic rings. The zero-order chi connectivity index (χ0) is 17.4. The summed E-state index contributed by atoms with van der Waals surface area (Å²) in [6.07, 6.45) is 1.30. The number of rotatable bonds is 7. The number of nitrogens with zero attached hydrogens (tertiary/aromatic N) is 1. The summed E-state index contributed by atoms with van der Waals surface area (Å²) in [4.78, 5) is 26.2. The van der Waals surface area contributed by atoms with Crippen LogP contribution in [0.1, 0.15) is 50.9 Å². The molecule has 1 aromatic carbocycles. The van der Waals surface area contributed by atoms with Crippen molar-refractivity contribution in [1.29, 1.82) is 0 Å². The maximum Gasteiger partial charge on any atom is 0.411 e. The van der Waals surface area contributed by atoms with Crippen LogP contribution in [0, 0.1) is 5.92 Å². The zero-order valence-electron chi connectivity index (χ0n) is 14.8. The van der Waals surface area contributed by atoms with Gasteiger partial charge in [0.05, 0.1) is 7.11 Å². The standard InChI is InChI=1S/C18H28N2O3/c1-6-16(7-2)20(12-13(3)4)17(21)14-9-8-10-15(11-14)19-18(22)23-5/h8-11,13,16H,6-7,12H2,1-5H3,(H,19,22). The lowest BCUT2D eigenvalue weighted by atomic mass is 10.0. The van der Waals surface area contributed by atoms with E-state index in [9.17, 15) is 9.59 Å². The van der Waals surface area contributed by atoms with E-state index in [0.29, 0.717) is 17.2 Å². The highest BCUT2D eigenvalue weighted by Crippen LogP contribution is 2.18. The van der Waals surface area contributed by atoms with Crippen molar-refractivity contribution in [3.05, 3.63) is 29.8 Å². The first kappa shape index (κ1) is 19.0. The molecule has 0 heterocycles. The smallest absolute Gasteiger partial charge is 0.411 e. The second kappa shape index (κ2) is 9.18. The van der Waals surface area contributed by atoms with Crippen molar-refractivity contribution in [2.75, 3.05) is 19.0 Å². The molecule has 0 saturated heterocycles. The number of methoxy groups -OCH3 is 1. The summed E-state index contributed by atoms with van der Waals surface area (Å²) in [7, 11) is 1.31. The van der Waals surface area contributed by atoms with Gasteiger partial charge in [0, 0.05) is 23.8 Å². The molecule has 0 bridgehead atoms. The summed E-state index contributed by atoms with van der Waals surface area (Å²) in [5, 5.41) is 2.59. The highest BCUT2D eigenvalue weighted by atomic mass is 16.5.